The average Bonchev–Trinajstić information content (AvgIpc) is 3.28. The first-order valence-corrected chi connectivity index (χ1v) is 24.1. The highest BCUT2D eigenvalue weighted by Gasteiger charge is 2.25. The Hall–Kier alpha value is -7.21. The van der Waals surface area contributed by atoms with Gasteiger partial charge in [-0.3, -0.25) is 9.59 Å². The highest BCUT2D eigenvalue weighted by molar-refractivity contribution is 7.90. The number of halogens is 1. The number of hydrogen-bond acceptors (Lipinski definition) is 13. The average molecular weight is 968 g/mol. The quantitative estimate of drug-likeness (QED) is 0.0975. The number of nitrogens with one attached hydrogen (secondary N) is 2. The van der Waals surface area contributed by atoms with Crippen molar-refractivity contribution < 1.29 is 43.5 Å². The van der Waals surface area contributed by atoms with Gasteiger partial charge in [-0.1, -0.05) is 65.7 Å². The van der Waals surface area contributed by atoms with Gasteiger partial charge >= 0.3 is 0 Å². The summed E-state index contributed by atoms with van der Waals surface area (Å²) in [6.07, 6.45) is 0. The molecule has 0 saturated heterocycles. The Labute approximate surface area is 397 Å². The van der Waals surface area contributed by atoms with Crippen LogP contribution in [0.4, 0.5) is 0 Å². The van der Waals surface area contributed by atoms with Crippen molar-refractivity contribution in [2.45, 2.75) is 58.3 Å². The van der Waals surface area contributed by atoms with Gasteiger partial charge in [0.05, 0.1) is 51.3 Å². The summed E-state index contributed by atoms with van der Waals surface area (Å²) >= 11 is 6.16. The van der Waals surface area contributed by atoms with Crippen molar-refractivity contribution in [2.75, 3.05) is 13.2 Å². The van der Waals surface area contributed by atoms with Crippen LogP contribution >= 0.6 is 11.6 Å². The maximum atomic E-state index is 13.3. The van der Waals surface area contributed by atoms with E-state index in [4.69, 9.17) is 25.8 Å². The van der Waals surface area contributed by atoms with E-state index in [9.17, 15) is 26.4 Å². The molecule has 7 rings (SSSR count). The molecule has 15 nitrogen and oxygen atoms in total. The number of pyridine rings is 4. The maximum absolute atomic E-state index is 13.3. The Bertz CT molecular complexity index is 3170. The number of carbonyl (C=O) groups excluding carboxylic acids is 2. The predicted molar refractivity (Wildman–Crippen MR) is 259 cm³/mol. The van der Waals surface area contributed by atoms with Gasteiger partial charge in [-0.2, -0.15) is 0 Å². The molecule has 0 aliphatic carbocycles. The summed E-state index contributed by atoms with van der Waals surface area (Å²) in [5.41, 5.74) is 6.44. The molecule has 350 valence electrons. The molecule has 0 spiro atoms. The molecule has 0 aliphatic heterocycles. The molecule has 0 aliphatic rings. The fourth-order valence-electron chi connectivity index (χ4n) is 6.65. The molecule has 0 fully saturated rings. The van der Waals surface area contributed by atoms with Crippen molar-refractivity contribution in [3.8, 4) is 46.2 Å². The van der Waals surface area contributed by atoms with Crippen LogP contribution in [0.3, 0.4) is 0 Å². The monoisotopic (exact) mass is 966 g/mol. The Morgan fingerprint density at radius 3 is 1.40 bits per heavy atom. The van der Waals surface area contributed by atoms with Crippen LogP contribution < -0.4 is 23.7 Å². The van der Waals surface area contributed by atoms with Crippen LogP contribution in [-0.2, 0) is 20.0 Å². The topological polar surface area (TPSA) is 206 Å². The van der Waals surface area contributed by atoms with E-state index in [2.05, 4.69) is 24.7 Å². The van der Waals surface area contributed by atoms with Crippen LogP contribution in [0, 0.1) is 34.6 Å². The summed E-state index contributed by atoms with van der Waals surface area (Å²) in [6.45, 7) is 14.2. The predicted octanol–water partition coefficient (Wildman–Crippen LogP) is 9.80. The van der Waals surface area contributed by atoms with Crippen molar-refractivity contribution in [1.29, 1.82) is 0 Å². The first kappa shape index (κ1) is 49.2. The number of benzene rings is 3. The van der Waals surface area contributed by atoms with E-state index in [-0.39, 0.29) is 34.8 Å². The van der Waals surface area contributed by atoms with E-state index in [1.807, 2.05) is 77.5 Å². The first-order valence-electron chi connectivity index (χ1n) is 20.8. The molecular weight excluding hydrogens is 916 g/mol. The number of hydrogen-bond donors (Lipinski definition) is 2. The summed E-state index contributed by atoms with van der Waals surface area (Å²) in [6, 6.07) is 32.5. The summed E-state index contributed by atoms with van der Waals surface area (Å²) in [7, 11) is -8.13. The molecule has 3 aromatic carbocycles. The molecular formula is C49H51ClN6O9S2. The summed E-state index contributed by atoms with van der Waals surface area (Å²) in [5, 5.41) is -0.135. The summed E-state index contributed by atoms with van der Waals surface area (Å²) < 4.78 is 71.7. The third-order valence-electron chi connectivity index (χ3n) is 9.56. The second-order valence-electron chi connectivity index (χ2n) is 15.0. The number of carbonyl (C=O) groups is 2. The first-order chi connectivity index (χ1) is 31.9. The van der Waals surface area contributed by atoms with E-state index in [1.165, 1.54) is 36.4 Å². The molecule has 2 N–H and O–H groups in total. The lowest BCUT2D eigenvalue weighted by Crippen LogP contribution is -2.31. The van der Waals surface area contributed by atoms with E-state index in [0.717, 1.165) is 27.8 Å². The van der Waals surface area contributed by atoms with Gasteiger partial charge in [0.15, 0.2) is 0 Å². The number of ether oxygens (including phenoxy) is 3. The van der Waals surface area contributed by atoms with Gasteiger partial charge in [-0.15, -0.1) is 0 Å². The summed E-state index contributed by atoms with van der Waals surface area (Å²) in [4.78, 5) is 43.4. The standard InChI is InChI=1S/C29H29N3O5S.C20H18ClN3O4S.2H2/c1-6-36-26-17-19(3)16-25(30-26)24-13-12-23(28(33)32-38(34,35)22-10-8-7-9-11-22)29(31-24)37-27-20(4)14-18(2)15-21(27)5;1-3-28-18-12-13(2)11-17(22-18)16-10-9-15(19(21)23-16)20(25)24-29(26,27)14-7-5-4-6-8-14;;/h7-17H,6H2,1-5H3,(H,32,33);4-12H,3H2,1-2H3,(H,24,25);2*1H. The van der Waals surface area contributed by atoms with Gasteiger partial charge in [0.2, 0.25) is 17.6 Å². The second-order valence-corrected chi connectivity index (χ2v) is 18.7. The van der Waals surface area contributed by atoms with Crippen LogP contribution in [0.5, 0.6) is 23.4 Å². The number of amides is 2. The minimum absolute atomic E-state index is 0. The molecule has 0 radical (unpaired) electrons. The van der Waals surface area contributed by atoms with Gasteiger partial charge in [0.25, 0.3) is 31.9 Å². The number of sulfonamides is 2. The van der Waals surface area contributed by atoms with Crippen molar-refractivity contribution in [3.05, 3.63) is 165 Å². The normalized spacial score (nSPS) is 11.2. The van der Waals surface area contributed by atoms with Gasteiger partial charge in [0, 0.05) is 15.0 Å². The van der Waals surface area contributed by atoms with Crippen molar-refractivity contribution in [1.82, 2.24) is 29.4 Å². The molecule has 18 heteroatoms. The van der Waals surface area contributed by atoms with E-state index < -0.39 is 31.9 Å². The zero-order chi connectivity index (χ0) is 48.5. The van der Waals surface area contributed by atoms with Crippen LogP contribution in [-0.4, -0.2) is 61.8 Å². The lowest BCUT2D eigenvalue weighted by molar-refractivity contribution is 0.0970. The van der Waals surface area contributed by atoms with Crippen molar-refractivity contribution in [2.24, 2.45) is 0 Å². The molecule has 7 aromatic rings. The largest absolute Gasteiger partial charge is 0.478 e. The molecule has 4 heterocycles. The van der Waals surface area contributed by atoms with Crippen molar-refractivity contribution >= 4 is 43.5 Å². The Balaban J connectivity index is 0.000000302. The third kappa shape index (κ3) is 12.6. The Kier molecular flexibility index (Phi) is 15.7. The summed E-state index contributed by atoms with van der Waals surface area (Å²) in [5.74, 6) is -0.335. The molecule has 0 atom stereocenters. The SMILES string of the molecule is CCOc1cc(C)cc(-c2ccc(C(=O)NS(=O)(=O)c3ccccc3)c(Cl)n2)n1.CCOc1cc(C)cc(-c2ccc(C(=O)NS(=O)(=O)c3ccccc3)c(Oc3c(C)cc(C)cc3C)n2)n1.[HH].[HH]. The molecule has 67 heavy (non-hydrogen) atoms. The number of nitrogens with zero attached hydrogens (tertiary/aromatic N) is 4. The Morgan fingerprint density at radius 2 is 0.955 bits per heavy atom. The van der Waals surface area contributed by atoms with E-state index in [0.29, 0.717) is 53.5 Å². The molecule has 0 unspecified atom stereocenters. The number of aromatic nitrogens is 4. The highest BCUT2D eigenvalue weighted by Crippen LogP contribution is 2.33. The lowest BCUT2D eigenvalue weighted by atomic mass is 10.1. The minimum atomic E-state index is -4.11. The fourth-order valence-corrected chi connectivity index (χ4v) is 8.87. The molecule has 2 amide bonds. The fraction of sp³-hybridized carbons (Fsp3) is 0.184. The maximum Gasteiger partial charge on any atom is 0.270 e. The molecule has 4 aromatic heterocycles. The van der Waals surface area contributed by atoms with Gasteiger partial charge in [-0.05, 0) is 131 Å². The lowest BCUT2D eigenvalue weighted by Gasteiger charge is -2.16. The van der Waals surface area contributed by atoms with Crippen LogP contribution in [0.15, 0.2) is 131 Å². The minimum Gasteiger partial charge on any atom is -0.478 e. The van der Waals surface area contributed by atoms with E-state index >= 15 is 0 Å². The number of aryl methyl sites for hydroxylation is 5. The second kappa shape index (κ2) is 21.4. The van der Waals surface area contributed by atoms with Gasteiger partial charge in [0.1, 0.15) is 16.5 Å². The highest BCUT2D eigenvalue weighted by atomic mass is 35.5. The Morgan fingerprint density at radius 1 is 0.537 bits per heavy atom. The zero-order valence-corrected chi connectivity index (χ0v) is 40.0. The van der Waals surface area contributed by atoms with Gasteiger partial charge < -0.3 is 14.2 Å². The van der Waals surface area contributed by atoms with Crippen molar-refractivity contribution in [3.63, 3.8) is 0 Å². The van der Waals surface area contributed by atoms with Gasteiger partial charge in [-0.25, -0.2) is 46.2 Å². The van der Waals surface area contributed by atoms with E-state index in [1.54, 1.807) is 60.7 Å². The van der Waals surface area contributed by atoms with Crippen LogP contribution in [0.2, 0.25) is 5.15 Å². The smallest absolute Gasteiger partial charge is 0.270 e. The van der Waals surface area contributed by atoms with Crippen LogP contribution in [0.25, 0.3) is 22.8 Å². The zero-order valence-electron chi connectivity index (χ0n) is 37.6. The number of rotatable bonds is 14. The third-order valence-corrected chi connectivity index (χ3v) is 12.5. The molecule has 0 saturated carbocycles. The van der Waals surface area contributed by atoms with Crippen LogP contribution in [0.1, 0.15) is 65.2 Å². The molecule has 0 bridgehead atoms.